The van der Waals surface area contributed by atoms with Gasteiger partial charge >= 0.3 is 0 Å². The zero-order chi connectivity index (χ0) is 14.2. The lowest BCUT2D eigenvalue weighted by Crippen LogP contribution is -2.29. The second-order valence-electron chi connectivity index (χ2n) is 5.50. The quantitative estimate of drug-likeness (QED) is 0.869. The average Bonchev–Trinajstić information content (AvgIpc) is 2.79. The van der Waals surface area contributed by atoms with E-state index in [4.69, 9.17) is 9.47 Å². The molecule has 1 fully saturated rings. The fourth-order valence-corrected chi connectivity index (χ4v) is 3.82. The first kappa shape index (κ1) is 13.8. The Bertz CT molecular complexity index is 618. The van der Waals surface area contributed by atoms with Crippen LogP contribution in [0.3, 0.4) is 0 Å². The van der Waals surface area contributed by atoms with Gasteiger partial charge in [0.2, 0.25) is 0 Å². The van der Waals surface area contributed by atoms with Gasteiger partial charge in [-0.2, -0.15) is 0 Å². The number of rotatable bonds is 3. The Labute approximate surface area is 123 Å². The van der Waals surface area contributed by atoms with Crippen molar-refractivity contribution in [2.45, 2.75) is 36.3 Å². The Morgan fingerprint density at radius 3 is 2.85 bits per heavy atom. The number of thioether (sulfide) groups is 1. The first-order valence-corrected chi connectivity index (χ1v) is 7.71. The van der Waals surface area contributed by atoms with Gasteiger partial charge in [-0.25, -0.2) is 4.98 Å². The first-order chi connectivity index (χ1) is 9.61. The zero-order valence-corrected chi connectivity index (χ0v) is 13.0. The Kier molecular flexibility index (Phi) is 3.65. The predicted octanol–water partition coefficient (Wildman–Crippen LogP) is 3.31. The molecule has 0 atom stereocenters. The van der Waals surface area contributed by atoms with Crippen LogP contribution in [0.25, 0.3) is 5.65 Å². The van der Waals surface area contributed by atoms with Crippen molar-refractivity contribution in [2.24, 2.45) is 0 Å². The Morgan fingerprint density at radius 1 is 1.40 bits per heavy atom. The van der Waals surface area contributed by atoms with Crippen LogP contribution in [0.1, 0.15) is 25.5 Å². The Hall–Kier alpha value is -1.20. The molecule has 20 heavy (non-hydrogen) atoms. The van der Waals surface area contributed by atoms with Gasteiger partial charge in [0.25, 0.3) is 0 Å². The highest BCUT2D eigenvalue weighted by atomic mass is 32.2. The second-order valence-corrected chi connectivity index (χ2v) is 7.13. The molecule has 0 aromatic carbocycles. The smallest absolute Gasteiger partial charge is 0.140 e. The molecule has 2 aromatic heterocycles. The fourth-order valence-electron chi connectivity index (χ4n) is 2.52. The maximum atomic E-state index is 5.54. The van der Waals surface area contributed by atoms with E-state index in [9.17, 15) is 0 Å². The average molecular weight is 292 g/mol. The van der Waals surface area contributed by atoms with Crippen LogP contribution < -0.4 is 4.74 Å². The summed E-state index contributed by atoms with van der Waals surface area (Å²) in [5, 5.41) is 0. The fraction of sp³-hybridized carbons (Fsp3) is 0.533. The second kappa shape index (κ2) is 5.30. The number of nitrogens with zero attached hydrogens (tertiary/aromatic N) is 2. The van der Waals surface area contributed by atoms with E-state index in [2.05, 4.69) is 29.4 Å². The molecule has 2 aromatic rings. The minimum absolute atomic E-state index is 0.216. The van der Waals surface area contributed by atoms with Crippen molar-refractivity contribution >= 4 is 17.4 Å². The number of hydrogen-bond donors (Lipinski definition) is 0. The summed E-state index contributed by atoms with van der Waals surface area (Å²) >= 11 is 1.89. The van der Waals surface area contributed by atoms with Crippen LogP contribution in [0.2, 0.25) is 0 Å². The number of aryl methyl sites for hydroxylation is 1. The molecule has 3 rings (SSSR count). The standard InChI is InChI=1S/C15H20N2O2S/c1-11-9-16-14-8-12(18-3)13(10-17(11)14)20-15(2)4-6-19-7-5-15/h8-10H,4-7H2,1-3H3. The van der Waals surface area contributed by atoms with Gasteiger partial charge in [-0.1, -0.05) is 0 Å². The molecule has 108 valence electrons. The van der Waals surface area contributed by atoms with Crippen LogP contribution in [0.5, 0.6) is 5.75 Å². The van der Waals surface area contributed by atoms with Crippen molar-refractivity contribution in [1.82, 2.24) is 9.38 Å². The zero-order valence-electron chi connectivity index (χ0n) is 12.2. The van der Waals surface area contributed by atoms with Crippen molar-refractivity contribution in [2.75, 3.05) is 20.3 Å². The highest BCUT2D eigenvalue weighted by molar-refractivity contribution is 8.00. The monoisotopic (exact) mass is 292 g/mol. The van der Waals surface area contributed by atoms with E-state index in [1.54, 1.807) is 7.11 Å². The maximum Gasteiger partial charge on any atom is 0.140 e. The molecule has 3 heterocycles. The molecule has 0 N–H and O–H groups in total. The van der Waals surface area contributed by atoms with Crippen molar-refractivity contribution in [3.8, 4) is 5.75 Å². The summed E-state index contributed by atoms with van der Waals surface area (Å²) in [6.07, 6.45) is 6.17. The summed E-state index contributed by atoms with van der Waals surface area (Å²) in [6.45, 7) is 6.07. The Morgan fingerprint density at radius 2 is 2.15 bits per heavy atom. The number of methoxy groups -OCH3 is 1. The molecular formula is C15H20N2O2S. The molecule has 1 saturated heterocycles. The van der Waals surface area contributed by atoms with Gasteiger partial charge < -0.3 is 13.9 Å². The van der Waals surface area contributed by atoms with Gasteiger partial charge in [-0.05, 0) is 26.7 Å². The molecule has 1 aliphatic heterocycles. The summed E-state index contributed by atoms with van der Waals surface area (Å²) < 4.78 is 13.4. The largest absolute Gasteiger partial charge is 0.495 e. The lowest BCUT2D eigenvalue weighted by Gasteiger charge is -2.33. The number of aromatic nitrogens is 2. The van der Waals surface area contributed by atoms with E-state index in [0.29, 0.717) is 0 Å². The molecule has 0 unspecified atom stereocenters. The van der Waals surface area contributed by atoms with E-state index in [-0.39, 0.29) is 4.75 Å². The lowest BCUT2D eigenvalue weighted by molar-refractivity contribution is 0.0815. The van der Waals surface area contributed by atoms with E-state index >= 15 is 0 Å². The molecule has 1 aliphatic rings. The highest BCUT2D eigenvalue weighted by Gasteiger charge is 2.30. The number of ether oxygens (including phenoxy) is 2. The number of pyridine rings is 1. The summed E-state index contributed by atoms with van der Waals surface area (Å²) in [5.41, 5.74) is 2.07. The van der Waals surface area contributed by atoms with Gasteiger partial charge in [0, 0.05) is 42.1 Å². The van der Waals surface area contributed by atoms with E-state index in [1.807, 2.05) is 24.0 Å². The van der Waals surface area contributed by atoms with E-state index < -0.39 is 0 Å². The first-order valence-electron chi connectivity index (χ1n) is 6.90. The molecular weight excluding hydrogens is 272 g/mol. The topological polar surface area (TPSA) is 35.8 Å². The minimum atomic E-state index is 0.216. The lowest BCUT2D eigenvalue weighted by atomic mass is 10.0. The molecule has 0 aliphatic carbocycles. The van der Waals surface area contributed by atoms with Crippen LogP contribution in [0.15, 0.2) is 23.4 Å². The highest BCUT2D eigenvalue weighted by Crippen LogP contribution is 2.43. The van der Waals surface area contributed by atoms with Gasteiger partial charge in [-0.3, -0.25) is 0 Å². The van der Waals surface area contributed by atoms with Crippen molar-refractivity contribution < 1.29 is 9.47 Å². The third-order valence-electron chi connectivity index (χ3n) is 3.89. The predicted molar refractivity (Wildman–Crippen MR) is 80.8 cm³/mol. The van der Waals surface area contributed by atoms with Crippen molar-refractivity contribution in [1.29, 1.82) is 0 Å². The number of imidazole rings is 1. The summed E-state index contributed by atoms with van der Waals surface area (Å²) in [6, 6.07) is 2.01. The third kappa shape index (κ3) is 2.52. The molecule has 0 amide bonds. The minimum Gasteiger partial charge on any atom is -0.495 e. The van der Waals surface area contributed by atoms with Gasteiger partial charge in [0.15, 0.2) is 0 Å². The SMILES string of the molecule is COc1cc2ncc(C)n2cc1SC1(C)CCOCC1. The molecule has 0 spiro atoms. The summed E-state index contributed by atoms with van der Waals surface area (Å²) in [7, 11) is 1.72. The maximum absolute atomic E-state index is 5.54. The Balaban J connectivity index is 1.98. The normalized spacial score (nSPS) is 18.4. The van der Waals surface area contributed by atoms with Crippen LogP contribution in [-0.4, -0.2) is 34.5 Å². The van der Waals surface area contributed by atoms with Crippen molar-refractivity contribution in [3.05, 3.63) is 24.2 Å². The van der Waals surface area contributed by atoms with Crippen LogP contribution in [0.4, 0.5) is 0 Å². The number of fused-ring (bicyclic) bond motifs is 1. The third-order valence-corrected chi connectivity index (χ3v) is 5.31. The summed E-state index contributed by atoms with van der Waals surface area (Å²) in [4.78, 5) is 5.56. The molecule has 0 bridgehead atoms. The molecule has 0 radical (unpaired) electrons. The van der Waals surface area contributed by atoms with Gasteiger partial charge in [0.05, 0.1) is 12.0 Å². The van der Waals surface area contributed by atoms with Gasteiger partial charge in [-0.15, -0.1) is 11.8 Å². The van der Waals surface area contributed by atoms with E-state index in [0.717, 1.165) is 43.1 Å². The van der Waals surface area contributed by atoms with E-state index in [1.165, 1.54) is 4.90 Å². The van der Waals surface area contributed by atoms with Crippen LogP contribution in [-0.2, 0) is 4.74 Å². The van der Waals surface area contributed by atoms with Gasteiger partial charge in [0.1, 0.15) is 11.4 Å². The van der Waals surface area contributed by atoms with Crippen LogP contribution in [0, 0.1) is 6.92 Å². The summed E-state index contributed by atoms with van der Waals surface area (Å²) in [5.74, 6) is 0.904. The molecule has 0 saturated carbocycles. The van der Waals surface area contributed by atoms with Crippen molar-refractivity contribution in [3.63, 3.8) is 0 Å². The molecule has 5 heteroatoms. The van der Waals surface area contributed by atoms with Crippen LogP contribution >= 0.6 is 11.8 Å². The molecule has 4 nitrogen and oxygen atoms in total. The number of hydrogen-bond acceptors (Lipinski definition) is 4.